The molecule has 6 heteroatoms. The molecule has 2 aromatic heterocycles. The predicted molar refractivity (Wildman–Crippen MR) is 98.7 cm³/mol. The Bertz CT molecular complexity index is 741. The Hall–Kier alpha value is -2.24. The van der Waals surface area contributed by atoms with Crippen LogP contribution in [0.25, 0.3) is 0 Å². The quantitative estimate of drug-likeness (QED) is 0.794. The summed E-state index contributed by atoms with van der Waals surface area (Å²) >= 11 is 0. The van der Waals surface area contributed by atoms with Crippen molar-refractivity contribution in [1.29, 1.82) is 0 Å². The van der Waals surface area contributed by atoms with Gasteiger partial charge in [0.15, 0.2) is 0 Å². The number of aromatic nitrogens is 3. The molecule has 1 saturated heterocycles. The van der Waals surface area contributed by atoms with Crippen LogP contribution in [0.1, 0.15) is 62.2 Å². The van der Waals surface area contributed by atoms with E-state index in [2.05, 4.69) is 27.3 Å². The van der Waals surface area contributed by atoms with Gasteiger partial charge in [0.05, 0.1) is 0 Å². The van der Waals surface area contributed by atoms with E-state index >= 15 is 0 Å². The van der Waals surface area contributed by atoms with E-state index in [9.17, 15) is 4.79 Å². The van der Waals surface area contributed by atoms with Crippen LogP contribution in [0.3, 0.4) is 0 Å². The molecule has 1 atom stereocenters. The summed E-state index contributed by atoms with van der Waals surface area (Å²) in [5, 5.41) is 8.06. The highest BCUT2D eigenvalue weighted by molar-refractivity contribution is 5.76. The Labute approximate surface area is 155 Å². The normalized spacial score (nSPS) is 17.7. The van der Waals surface area contributed by atoms with Crippen LogP contribution in [0.2, 0.25) is 0 Å². The molecule has 1 aliphatic rings. The van der Waals surface area contributed by atoms with Crippen LogP contribution in [-0.2, 0) is 17.6 Å². The van der Waals surface area contributed by atoms with E-state index in [1.54, 1.807) is 0 Å². The molecule has 0 unspecified atom stereocenters. The molecule has 0 saturated carbocycles. The summed E-state index contributed by atoms with van der Waals surface area (Å²) in [5.41, 5.74) is 2.17. The Balaban J connectivity index is 1.50. The van der Waals surface area contributed by atoms with Crippen LogP contribution in [-0.4, -0.2) is 39.1 Å². The molecule has 1 amide bonds. The van der Waals surface area contributed by atoms with Gasteiger partial charge in [-0.05, 0) is 44.2 Å². The van der Waals surface area contributed by atoms with Crippen molar-refractivity contribution in [1.82, 2.24) is 20.1 Å². The monoisotopic (exact) mass is 356 g/mol. The molecule has 3 rings (SSSR count). The molecular weight excluding hydrogens is 328 g/mol. The average Bonchev–Trinajstić information content (AvgIpc) is 3.09. The molecule has 6 nitrogen and oxygen atoms in total. The molecular formula is C20H28N4O2. The Morgan fingerprint density at radius 2 is 2.19 bits per heavy atom. The number of rotatable bonds is 6. The van der Waals surface area contributed by atoms with Gasteiger partial charge in [-0.3, -0.25) is 9.78 Å². The predicted octanol–water partition coefficient (Wildman–Crippen LogP) is 3.31. The molecule has 2 aromatic rings. The van der Waals surface area contributed by atoms with Crippen molar-refractivity contribution >= 4 is 5.91 Å². The van der Waals surface area contributed by atoms with Crippen molar-refractivity contribution in [3.63, 3.8) is 0 Å². The highest BCUT2D eigenvalue weighted by Gasteiger charge is 2.24. The minimum atomic E-state index is 0.177. The minimum absolute atomic E-state index is 0.177. The number of piperidine rings is 1. The minimum Gasteiger partial charge on any atom is -0.425 e. The van der Waals surface area contributed by atoms with Gasteiger partial charge in [0.25, 0.3) is 0 Å². The molecule has 26 heavy (non-hydrogen) atoms. The van der Waals surface area contributed by atoms with Crippen LogP contribution in [0.4, 0.5) is 0 Å². The Kier molecular flexibility index (Phi) is 6.01. The van der Waals surface area contributed by atoms with E-state index in [0.29, 0.717) is 30.5 Å². The maximum atomic E-state index is 12.6. The first-order valence-corrected chi connectivity index (χ1v) is 9.54. The maximum Gasteiger partial charge on any atom is 0.223 e. The number of carbonyl (C=O) groups is 1. The van der Waals surface area contributed by atoms with Gasteiger partial charge in [-0.25, -0.2) is 0 Å². The lowest BCUT2D eigenvalue weighted by molar-refractivity contribution is -0.133. The third-order valence-corrected chi connectivity index (χ3v) is 4.84. The Morgan fingerprint density at radius 1 is 1.35 bits per heavy atom. The van der Waals surface area contributed by atoms with Crippen molar-refractivity contribution in [2.75, 3.05) is 13.1 Å². The van der Waals surface area contributed by atoms with Crippen LogP contribution < -0.4 is 0 Å². The van der Waals surface area contributed by atoms with Gasteiger partial charge >= 0.3 is 0 Å². The zero-order valence-electron chi connectivity index (χ0n) is 15.9. The van der Waals surface area contributed by atoms with Gasteiger partial charge < -0.3 is 9.32 Å². The topological polar surface area (TPSA) is 72.1 Å². The summed E-state index contributed by atoms with van der Waals surface area (Å²) in [4.78, 5) is 19.2. The van der Waals surface area contributed by atoms with Gasteiger partial charge in [0, 0.05) is 43.2 Å². The molecule has 0 aromatic carbocycles. The molecule has 1 aliphatic heterocycles. The third kappa shape index (κ3) is 4.90. The highest BCUT2D eigenvalue weighted by atomic mass is 16.4. The second-order valence-electron chi connectivity index (χ2n) is 7.51. The fourth-order valence-electron chi connectivity index (χ4n) is 3.44. The zero-order valence-corrected chi connectivity index (χ0v) is 15.9. The van der Waals surface area contributed by atoms with Crippen molar-refractivity contribution < 1.29 is 9.21 Å². The number of nitrogens with zero attached hydrogens (tertiary/aromatic N) is 4. The second kappa shape index (κ2) is 8.43. The van der Waals surface area contributed by atoms with Crippen LogP contribution in [0.5, 0.6) is 0 Å². The van der Waals surface area contributed by atoms with Crippen molar-refractivity contribution in [2.24, 2.45) is 5.92 Å². The fraction of sp³-hybridized carbons (Fsp3) is 0.600. The third-order valence-electron chi connectivity index (χ3n) is 4.84. The lowest BCUT2D eigenvalue weighted by Crippen LogP contribution is -2.40. The summed E-state index contributed by atoms with van der Waals surface area (Å²) < 4.78 is 5.59. The molecule has 0 radical (unpaired) electrons. The lowest BCUT2D eigenvalue weighted by atomic mass is 9.93. The summed E-state index contributed by atoms with van der Waals surface area (Å²) in [6.07, 6.45) is 4.09. The first-order chi connectivity index (χ1) is 12.5. The number of amides is 1. The van der Waals surface area contributed by atoms with Crippen molar-refractivity contribution in [2.45, 2.75) is 58.8 Å². The maximum absolute atomic E-state index is 12.6. The zero-order chi connectivity index (χ0) is 18.5. The largest absolute Gasteiger partial charge is 0.425 e. The number of carbonyl (C=O) groups excluding carboxylic acids is 1. The number of likely N-dealkylation sites (tertiary alicyclic amines) is 1. The second-order valence-corrected chi connectivity index (χ2v) is 7.51. The summed E-state index contributed by atoms with van der Waals surface area (Å²) in [5.74, 6) is 2.06. The van der Waals surface area contributed by atoms with Crippen LogP contribution in [0.15, 0.2) is 22.6 Å². The van der Waals surface area contributed by atoms with E-state index in [1.165, 1.54) is 0 Å². The molecule has 0 bridgehead atoms. The highest BCUT2D eigenvalue weighted by Crippen LogP contribution is 2.21. The summed E-state index contributed by atoms with van der Waals surface area (Å²) in [7, 11) is 0. The van der Waals surface area contributed by atoms with Gasteiger partial charge in [-0.15, -0.1) is 10.2 Å². The SMILES string of the molecule is Cc1cccc(C[C@H]2CCCN(C(=O)CCc3nnc(C(C)C)o3)C2)n1. The number of hydrogen-bond donors (Lipinski definition) is 0. The van der Waals surface area contributed by atoms with E-state index in [1.807, 2.05) is 31.7 Å². The van der Waals surface area contributed by atoms with E-state index in [0.717, 1.165) is 43.7 Å². The van der Waals surface area contributed by atoms with Crippen molar-refractivity contribution in [3.8, 4) is 0 Å². The molecule has 140 valence electrons. The standard InChI is InChI=1S/C20H28N4O2/c1-14(2)20-23-22-18(26-20)9-10-19(25)24-11-5-7-16(13-24)12-17-8-4-6-15(3)21-17/h4,6,8,14,16H,5,7,9-13H2,1-3H3/t16-/m1/s1. The van der Waals surface area contributed by atoms with Crippen molar-refractivity contribution in [3.05, 3.63) is 41.4 Å². The smallest absolute Gasteiger partial charge is 0.223 e. The van der Waals surface area contributed by atoms with E-state index < -0.39 is 0 Å². The molecule has 1 fully saturated rings. The number of pyridine rings is 1. The summed E-state index contributed by atoms with van der Waals surface area (Å²) in [6.45, 7) is 7.70. The van der Waals surface area contributed by atoms with Crippen LogP contribution >= 0.6 is 0 Å². The summed E-state index contributed by atoms with van der Waals surface area (Å²) in [6, 6.07) is 6.15. The molecule has 0 aliphatic carbocycles. The van der Waals surface area contributed by atoms with Gasteiger partial charge in [0.1, 0.15) is 0 Å². The van der Waals surface area contributed by atoms with Crippen LogP contribution in [0, 0.1) is 12.8 Å². The van der Waals surface area contributed by atoms with Gasteiger partial charge in [-0.2, -0.15) is 0 Å². The lowest BCUT2D eigenvalue weighted by Gasteiger charge is -2.32. The molecule has 0 spiro atoms. The van der Waals surface area contributed by atoms with Gasteiger partial charge in [-0.1, -0.05) is 19.9 Å². The molecule has 3 heterocycles. The number of aryl methyl sites for hydroxylation is 2. The fourth-order valence-corrected chi connectivity index (χ4v) is 3.44. The Morgan fingerprint density at radius 3 is 2.92 bits per heavy atom. The van der Waals surface area contributed by atoms with Gasteiger partial charge in [0.2, 0.25) is 17.7 Å². The number of hydrogen-bond acceptors (Lipinski definition) is 5. The van der Waals surface area contributed by atoms with E-state index in [-0.39, 0.29) is 11.8 Å². The first kappa shape index (κ1) is 18.5. The first-order valence-electron chi connectivity index (χ1n) is 9.54. The van der Waals surface area contributed by atoms with E-state index in [4.69, 9.17) is 4.42 Å². The average molecular weight is 356 g/mol. The molecule has 0 N–H and O–H groups in total.